The van der Waals surface area contributed by atoms with Crippen molar-refractivity contribution in [2.75, 3.05) is 13.1 Å². The molecule has 1 N–H and O–H groups in total. The summed E-state index contributed by atoms with van der Waals surface area (Å²) >= 11 is 11.9. The average Bonchev–Trinajstić information content (AvgIpc) is 2.66. The molecule has 1 amide bonds. The number of nitrogens with one attached hydrogen (secondary N) is 1. The van der Waals surface area contributed by atoms with Gasteiger partial charge in [-0.1, -0.05) is 41.8 Å². The predicted octanol–water partition coefficient (Wildman–Crippen LogP) is 5.61. The van der Waals surface area contributed by atoms with Gasteiger partial charge < -0.3 is 5.32 Å². The van der Waals surface area contributed by atoms with E-state index < -0.39 is 11.9 Å². The first kappa shape index (κ1) is 20.1. The second kappa shape index (κ2) is 9.05. The number of benzene rings is 2. The number of piperidine rings is 1. The SMILES string of the molecule is C[C@@H](NC(=O)c1ccc(CN2CCCCC2)cc1)c1cc(F)c(Cl)cc1Cl. The summed E-state index contributed by atoms with van der Waals surface area (Å²) in [5, 5.41) is 3.15. The van der Waals surface area contributed by atoms with E-state index in [1.54, 1.807) is 6.92 Å². The Kier molecular flexibility index (Phi) is 6.74. The standard InChI is InChI=1S/C21H23Cl2FN2O/c1-14(17-11-20(24)19(23)12-18(17)22)25-21(27)16-7-5-15(6-8-16)13-26-9-3-2-4-10-26/h5-8,11-12,14H,2-4,9-10,13H2,1H3,(H,25,27)/t14-/m1/s1. The molecule has 1 aliphatic rings. The Bertz CT molecular complexity index is 805. The van der Waals surface area contributed by atoms with Gasteiger partial charge in [-0.3, -0.25) is 9.69 Å². The molecule has 27 heavy (non-hydrogen) atoms. The maximum Gasteiger partial charge on any atom is 0.251 e. The molecular weight excluding hydrogens is 386 g/mol. The molecule has 0 unspecified atom stereocenters. The number of likely N-dealkylation sites (tertiary alicyclic amines) is 1. The van der Waals surface area contributed by atoms with Crippen molar-refractivity contribution < 1.29 is 9.18 Å². The fourth-order valence-electron chi connectivity index (χ4n) is 3.36. The summed E-state index contributed by atoms with van der Waals surface area (Å²) in [5.74, 6) is -0.780. The zero-order chi connectivity index (χ0) is 19.4. The molecule has 2 aromatic rings. The number of carbonyl (C=O) groups is 1. The monoisotopic (exact) mass is 408 g/mol. The molecule has 1 atom stereocenters. The summed E-state index contributed by atoms with van der Waals surface area (Å²) in [6.45, 7) is 4.95. The number of hydrogen-bond donors (Lipinski definition) is 1. The number of amides is 1. The van der Waals surface area contributed by atoms with E-state index in [-0.39, 0.29) is 10.9 Å². The molecule has 1 heterocycles. The Morgan fingerprint density at radius 1 is 1.11 bits per heavy atom. The Hall–Kier alpha value is -1.62. The summed E-state index contributed by atoms with van der Waals surface area (Å²) in [4.78, 5) is 15.0. The lowest BCUT2D eigenvalue weighted by molar-refractivity contribution is 0.0940. The number of rotatable bonds is 5. The van der Waals surface area contributed by atoms with Gasteiger partial charge in [0.25, 0.3) is 5.91 Å². The molecule has 0 aliphatic carbocycles. The van der Waals surface area contributed by atoms with Crippen LogP contribution in [0.25, 0.3) is 0 Å². The van der Waals surface area contributed by atoms with Crippen LogP contribution in [-0.4, -0.2) is 23.9 Å². The minimum atomic E-state index is -0.556. The van der Waals surface area contributed by atoms with Crippen molar-refractivity contribution in [1.82, 2.24) is 10.2 Å². The molecule has 3 rings (SSSR count). The molecule has 0 saturated carbocycles. The van der Waals surface area contributed by atoms with Gasteiger partial charge >= 0.3 is 0 Å². The van der Waals surface area contributed by atoms with Crippen LogP contribution in [0, 0.1) is 5.82 Å². The first-order valence-corrected chi connectivity index (χ1v) is 9.96. The molecule has 2 aromatic carbocycles. The van der Waals surface area contributed by atoms with E-state index in [4.69, 9.17) is 23.2 Å². The van der Waals surface area contributed by atoms with Crippen molar-refractivity contribution in [2.24, 2.45) is 0 Å². The van der Waals surface area contributed by atoms with E-state index in [0.717, 1.165) is 19.6 Å². The molecule has 0 radical (unpaired) electrons. The van der Waals surface area contributed by atoms with E-state index in [2.05, 4.69) is 10.2 Å². The summed E-state index contributed by atoms with van der Waals surface area (Å²) < 4.78 is 13.7. The van der Waals surface area contributed by atoms with E-state index >= 15 is 0 Å². The average molecular weight is 409 g/mol. The lowest BCUT2D eigenvalue weighted by Gasteiger charge is -2.26. The topological polar surface area (TPSA) is 32.3 Å². The Morgan fingerprint density at radius 3 is 2.44 bits per heavy atom. The maximum absolute atomic E-state index is 13.7. The van der Waals surface area contributed by atoms with Crippen LogP contribution in [0.3, 0.4) is 0 Å². The number of hydrogen-bond acceptors (Lipinski definition) is 2. The van der Waals surface area contributed by atoms with Crippen molar-refractivity contribution in [3.05, 3.63) is 69.0 Å². The van der Waals surface area contributed by atoms with Crippen LogP contribution in [0.5, 0.6) is 0 Å². The van der Waals surface area contributed by atoms with Gasteiger partial charge in [-0.25, -0.2) is 4.39 Å². The highest BCUT2D eigenvalue weighted by Crippen LogP contribution is 2.28. The van der Waals surface area contributed by atoms with Crippen molar-refractivity contribution in [3.63, 3.8) is 0 Å². The first-order chi connectivity index (χ1) is 12.9. The number of halogens is 3. The van der Waals surface area contributed by atoms with Crippen molar-refractivity contribution in [2.45, 2.75) is 38.8 Å². The van der Waals surface area contributed by atoms with E-state index in [9.17, 15) is 9.18 Å². The van der Waals surface area contributed by atoms with Gasteiger partial charge in [-0.2, -0.15) is 0 Å². The zero-order valence-corrected chi connectivity index (χ0v) is 16.8. The number of nitrogens with zero attached hydrogens (tertiary/aromatic N) is 1. The fourth-order valence-corrected chi connectivity index (χ4v) is 3.91. The third-order valence-corrected chi connectivity index (χ3v) is 5.54. The highest BCUT2D eigenvalue weighted by molar-refractivity contribution is 6.35. The van der Waals surface area contributed by atoms with Gasteiger partial charge in [0.15, 0.2) is 0 Å². The Labute approximate surface area is 169 Å². The Morgan fingerprint density at radius 2 is 1.78 bits per heavy atom. The van der Waals surface area contributed by atoms with Gasteiger partial charge in [0, 0.05) is 17.1 Å². The lowest BCUT2D eigenvalue weighted by Crippen LogP contribution is -2.29. The van der Waals surface area contributed by atoms with Crippen molar-refractivity contribution in [3.8, 4) is 0 Å². The van der Waals surface area contributed by atoms with Crippen LogP contribution in [-0.2, 0) is 6.54 Å². The predicted molar refractivity (Wildman–Crippen MR) is 108 cm³/mol. The Balaban J connectivity index is 1.63. The van der Waals surface area contributed by atoms with Gasteiger partial charge in [-0.05, 0) is 68.2 Å². The van der Waals surface area contributed by atoms with Crippen molar-refractivity contribution >= 4 is 29.1 Å². The third-order valence-electron chi connectivity index (χ3n) is 4.92. The van der Waals surface area contributed by atoms with E-state index in [0.29, 0.717) is 16.1 Å². The van der Waals surface area contributed by atoms with Crippen LogP contribution in [0.15, 0.2) is 36.4 Å². The normalized spacial score (nSPS) is 16.1. The van der Waals surface area contributed by atoms with Gasteiger partial charge in [0.05, 0.1) is 11.1 Å². The van der Waals surface area contributed by atoms with E-state index in [1.807, 2.05) is 24.3 Å². The van der Waals surface area contributed by atoms with Crippen LogP contribution in [0.4, 0.5) is 4.39 Å². The second-order valence-electron chi connectivity index (χ2n) is 7.02. The molecular formula is C21H23Cl2FN2O. The molecule has 0 spiro atoms. The highest BCUT2D eigenvalue weighted by Gasteiger charge is 2.17. The zero-order valence-electron chi connectivity index (χ0n) is 15.3. The minimum Gasteiger partial charge on any atom is -0.345 e. The lowest BCUT2D eigenvalue weighted by atomic mass is 10.1. The summed E-state index contributed by atoms with van der Waals surface area (Å²) in [6, 6.07) is 9.80. The summed E-state index contributed by atoms with van der Waals surface area (Å²) in [6.07, 6.45) is 3.83. The highest BCUT2D eigenvalue weighted by atomic mass is 35.5. The molecule has 144 valence electrons. The smallest absolute Gasteiger partial charge is 0.251 e. The van der Waals surface area contributed by atoms with Gasteiger partial charge in [0.1, 0.15) is 5.82 Å². The van der Waals surface area contributed by atoms with E-state index in [1.165, 1.54) is 37.0 Å². The van der Waals surface area contributed by atoms with Crippen LogP contribution < -0.4 is 5.32 Å². The molecule has 0 aromatic heterocycles. The second-order valence-corrected chi connectivity index (χ2v) is 7.83. The van der Waals surface area contributed by atoms with Crippen molar-refractivity contribution in [1.29, 1.82) is 0 Å². The van der Waals surface area contributed by atoms with Gasteiger partial charge in [0.2, 0.25) is 0 Å². The minimum absolute atomic E-state index is 0.0356. The summed E-state index contributed by atoms with van der Waals surface area (Å²) in [7, 11) is 0. The van der Waals surface area contributed by atoms with Crippen LogP contribution in [0.2, 0.25) is 10.0 Å². The maximum atomic E-state index is 13.7. The summed E-state index contributed by atoms with van der Waals surface area (Å²) in [5.41, 5.74) is 2.26. The molecule has 1 saturated heterocycles. The van der Waals surface area contributed by atoms with Crippen LogP contribution >= 0.6 is 23.2 Å². The number of carbonyl (C=O) groups excluding carboxylic acids is 1. The quantitative estimate of drug-likeness (QED) is 0.651. The molecule has 6 heteroatoms. The first-order valence-electron chi connectivity index (χ1n) is 9.20. The third kappa shape index (κ3) is 5.22. The molecule has 0 bridgehead atoms. The molecule has 1 fully saturated rings. The molecule has 3 nitrogen and oxygen atoms in total. The fraction of sp³-hybridized carbons (Fsp3) is 0.381. The van der Waals surface area contributed by atoms with Gasteiger partial charge in [-0.15, -0.1) is 0 Å². The van der Waals surface area contributed by atoms with Crippen LogP contribution in [0.1, 0.15) is 53.7 Å². The largest absolute Gasteiger partial charge is 0.345 e. The molecule has 1 aliphatic heterocycles.